The number of anilines is 2. The molecule has 1 heterocycles. The third-order valence-corrected chi connectivity index (χ3v) is 6.47. The monoisotopic (exact) mass is 405 g/mol. The molecule has 0 aromatic heterocycles. The first-order chi connectivity index (χ1) is 13.3. The van der Waals surface area contributed by atoms with E-state index in [9.17, 15) is 28.4 Å². The number of hydrogen-bond acceptors (Lipinski definition) is 5. The zero-order valence-corrected chi connectivity index (χ0v) is 15.7. The summed E-state index contributed by atoms with van der Waals surface area (Å²) >= 11 is 0. The minimum atomic E-state index is -3.61. The van der Waals surface area contributed by atoms with Gasteiger partial charge in [0.1, 0.15) is 0 Å². The fourth-order valence-corrected chi connectivity index (χ4v) is 4.63. The van der Waals surface area contributed by atoms with E-state index in [1.54, 1.807) is 0 Å². The zero-order valence-electron chi connectivity index (χ0n) is 14.9. The summed E-state index contributed by atoms with van der Waals surface area (Å²) < 4.78 is 26.9. The number of nitro benzene ring substituents is 1. The minimum absolute atomic E-state index is 0.104. The molecule has 10 heteroatoms. The van der Waals surface area contributed by atoms with Crippen LogP contribution in [-0.2, 0) is 10.0 Å². The maximum absolute atomic E-state index is 12.7. The van der Waals surface area contributed by atoms with Crippen LogP contribution < -0.4 is 4.90 Å². The van der Waals surface area contributed by atoms with Crippen LogP contribution >= 0.6 is 0 Å². The van der Waals surface area contributed by atoms with Gasteiger partial charge in [-0.3, -0.25) is 10.1 Å². The molecule has 0 radical (unpaired) electrons. The highest BCUT2D eigenvalue weighted by Gasteiger charge is 2.26. The predicted molar refractivity (Wildman–Crippen MR) is 102 cm³/mol. The van der Waals surface area contributed by atoms with Crippen LogP contribution in [0.5, 0.6) is 0 Å². The Bertz CT molecular complexity index is 967. The van der Waals surface area contributed by atoms with Crippen molar-refractivity contribution < 1.29 is 23.2 Å². The molecule has 1 N–H and O–H groups in total. The maximum atomic E-state index is 12.7. The lowest BCUT2D eigenvalue weighted by molar-refractivity contribution is -0.384. The van der Waals surface area contributed by atoms with Crippen LogP contribution in [0, 0.1) is 10.1 Å². The number of amides is 1. The molecule has 1 aliphatic rings. The predicted octanol–water partition coefficient (Wildman–Crippen LogP) is 3.59. The highest BCUT2D eigenvalue weighted by molar-refractivity contribution is 7.89. The van der Waals surface area contributed by atoms with Crippen molar-refractivity contribution in [2.24, 2.45) is 0 Å². The zero-order chi connectivity index (χ0) is 20.3. The van der Waals surface area contributed by atoms with E-state index in [-0.39, 0.29) is 22.0 Å². The topological polar surface area (TPSA) is 121 Å². The molecule has 0 saturated carbocycles. The summed E-state index contributed by atoms with van der Waals surface area (Å²) in [6.45, 7) is 0.961. The van der Waals surface area contributed by atoms with Crippen molar-refractivity contribution in [3.8, 4) is 0 Å². The number of sulfonamides is 1. The van der Waals surface area contributed by atoms with Gasteiger partial charge in [-0.05, 0) is 49.2 Å². The standard InChI is InChI=1S/C18H19N3O6S/c22-18(23)20(14-4-6-16(7-5-14)21(24)25)15-8-10-17(11-9-15)28(26,27)19-12-2-1-3-13-19/h4-11H,1-3,12-13H2,(H,22,23). The van der Waals surface area contributed by atoms with Crippen molar-refractivity contribution in [1.82, 2.24) is 4.31 Å². The van der Waals surface area contributed by atoms with E-state index in [1.165, 1.54) is 52.8 Å². The molecule has 1 fully saturated rings. The molecular formula is C18H19N3O6S. The van der Waals surface area contributed by atoms with E-state index < -0.39 is 21.0 Å². The molecule has 3 rings (SSSR count). The first-order valence-corrected chi connectivity index (χ1v) is 10.1. The van der Waals surface area contributed by atoms with Gasteiger partial charge in [0, 0.05) is 25.2 Å². The average molecular weight is 405 g/mol. The Hall–Kier alpha value is -2.98. The number of carboxylic acid groups (broad SMARTS) is 1. The van der Waals surface area contributed by atoms with E-state index in [0.717, 1.165) is 24.2 Å². The minimum Gasteiger partial charge on any atom is -0.464 e. The molecule has 2 aromatic rings. The molecule has 0 aliphatic carbocycles. The second-order valence-electron chi connectivity index (χ2n) is 6.35. The molecular weight excluding hydrogens is 386 g/mol. The normalized spacial score (nSPS) is 15.1. The molecule has 9 nitrogen and oxygen atoms in total. The van der Waals surface area contributed by atoms with Crippen LogP contribution in [0.3, 0.4) is 0 Å². The lowest BCUT2D eigenvalue weighted by Gasteiger charge is -2.26. The first kappa shape index (κ1) is 19.8. The van der Waals surface area contributed by atoms with Gasteiger partial charge in [-0.2, -0.15) is 4.31 Å². The molecule has 2 aromatic carbocycles. The van der Waals surface area contributed by atoms with Crippen molar-refractivity contribution in [2.75, 3.05) is 18.0 Å². The van der Waals surface area contributed by atoms with Gasteiger partial charge in [0.05, 0.1) is 21.2 Å². The summed E-state index contributed by atoms with van der Waals surface area (Å²) in [6.07, 6.45) is 1.36. The number of piperidine rings is 1. The van der Waals surface area contributed by atoms with E-state index in [1.807, 2.05) is 0 Å². The summed E-state index contributed by atoms with van der Waals surface area (Å²) in [7, 11) is -3.61. The Kier molecular flexibility index (Phi) is 5.61. The van der Waals surface area contributed by atoms with Crippen molar-refractivity contribution in [1.29, 1.82) is 0 Å². The molecule has 148 valence electrons. The van der Waals surface area contributed by atoms with Gasteiger partial charge in [-0.1, -0.05) is 6.42 Å². The fraction of sp³-hybridized carbons (Fsp3) is 0.278. The Labute approximate surface area is 162 Å². The van der Waals surface area contributed by atoms with E-state index in [4.69, 9.17) is 0 Å². The highest BCUT2D eigenvalue weighted by atomic mass is 32.2. The Morgan fingerprint density at radius 3 is 1.93 bits per heavy atom. The van der Waals surface area contributed by atoms with Crippen LogP contribution in [0.1, 0.15) is 19.3 Å². The third kappa shape index (κ3) is 3.97. The molecule has 0 unspecified atom stereocenters. The highest BCUT2D eigenvalue weighted by Crippen LogP contribution is 2.29. The summed E-state index contributed by atoms with van der Waals surface area (Å²) in [4.78, 5) is 22.9. The number of nitro groups is 1. The Morgan fingerprint density at radius 1 is 0.964 bits per heavy atom. The number of non-ortho nitro benzene ring substituents is 1. The third-order valence-electron chi connectivity index (χ3n) is 4.56. The van der Waals surface area contributed by atoms with Crippen LogP contribution in [0.2, 0.25) is 0 Å². The van der Waals surface area contributed by atoms with Crippen molar-refractivity contribution >= 4 is 33.2 Å². The van der Waals surface area contributed by atoms with Gasteiger partial charge in [-0.25, -0.2) is 18.1 Å². The fourth-order valence-electron chi connectivity index (χ4n) is 3.11. The van der Waals surface area contributed by atoms with Gasteiger partial charge in [0.15, 0.2) is 0 Å². The molecule has 1 amide bonds. The maximum Gasteiger partial charge on any atom is 0.416 e. The summed E-state index contributed by atoms with van der Waals surface area (Å²) in [5.74, 6) is 0. The van der Waals surface area contributed by atoms with Gasteiger partial charge < -0.3 is 5.11 Å². The molecule has 0 spiro atoms. The number of nitrogens with zero attached hydrogens (tertiary/aromatic N) is 3. The van der Waals surface area contributed by atoms with Crippen molar-refractivity contribution in [2.45, 2.75) is 24.2 Å². The Balaban J connectivity index is 1.89. The lowest BCUT2D eigenvalue weighted by atomic mass is 10.2. The van der Waals surface area contributed by atoms with Gasteiger partial charge in [0.25, 0.3) is 5.69 Å². The molecule has 1 aliphatic heterocycles. The number of benzene rings is 2. The largest absolute Gasteiger partial charge is 0.464 e. The number of rotatable bonds is 5. The van der Waals surface area contributed by atoms with E-state index in [0.29, 0.717) is 13.1 Å². The summed E-state index contributed by atoms with van der Waals surface area (Å²) in [5.41, 5.74) is 0.292. The second kappa shape index (κ2) is 7.95. The smallest absolute Gasteiger partial charge is 0.416 e. The van der Waals surface area contributed by atoms with Gasteiger partial charge in [-0.15, -0.1) is 0 Å². The number of hydrogen-bond donors (Lipinski definition) is 1. The van der Waals surface area contributed by atoms with E-state index >= 15 is 0 Å². The molecule has 1 saturated heterocycles. The van der Waals surface area contributed by atoms with Crippen LogP contribution in [0.15, 0.2) is 53.4 Å². The quantitative estimate of drug-likeness (QED) is 0.599. The lowest BCUT2D eigenvalue weighted by Crippen LogP contribution is -2.35. The van der Waals surface area contributed by atoms with Crippen LogP contribution in [-0.4, -0.2) is 41.9 Å². The van der Waals surface area contributed by atoms with Gasteiger partial charge >= 0.3 is 6.09 Å². The van der Waals surface area contributed by atoms with E-state index in [2.05, 4.69) is 0 Å². The van der Waals surface area contributed by atoms with Crippen LogP contribution in [0.4, 0.5) is 21.9 Å². The first-order valence-electron chi connectivity index (χ1n) is 8.68. The van der Waals surface area contributed by atoms with Crippen molar-refractivity contribution in [3.05, 3.63) is 58.6 Å². The second-order valence-corrected chi connectivity index (χ2v) is 8.29. The Morgan fingerprint density at radius 2 is 1.46 bits per heavy atom. The summed E-state index contributed by atoms with van der Waals surface area (Å²) in [5, 5.41) is 20.3. The molecule has 0 atom stereocenters. The van der Waals surface area contributed by atoms with Crippen LogP contribution in [0.25, 0.3) is 0 Å². The average Bonchev–Trinajstić information content (AvgIpc) is 2.69. The SMILES string of the molecule is O=C(O)N(c1ccc([N+](=O)[O-])cc1)c1ccc(S(=O)(=O)N2CCCCC2)cc1. The number of carbonyl (C=O) groups is 1. The van der Waals surface area contributed by atoms with Crippen molar-refractivity contribution in [3.63, 3.8) is 0 Å². The summed E-state index contributed by atoms with van der Waals surface area (Å²) in [6, 6.07) is 10.6. The molecule has 0 bridgehead atoms. The molecule has 28 heavy (non-hydrogen) atoms. The van der Waals surface area contributed by atoms with Gasteiger partial charge in [0.2, 0.25) is 10.0 Å².